The molecule has 32 heavy (non-hydrogen) atoms. The Bertz CT molecular complexity index is 1150. The Morgan fingerprint density at radius 2 is 1.81 bits per heavy atom. The number of carbonyl (C=O) groups is 2. The molecule has 0 aliphatic carbocycles. The zero-order valence-corrected chi connectivity index (χ0v) is 19.3. The van der Waals surface area contributed by atoms with E-state index in [2.05, 4.69) is 10.6 Å². The molecule has 2 aromatic carbocycles. The van der Waals surface area contributed by atoms with Gasteiger partial charge in [-0.15, -0.1) is 11.3 Å². The van der Waals surface area contributed by atoms with Gasteiger partial charge in [0.1, 0.15) is 10.8 Å². The van der Waals surface area contributed by atoms with Gasteiger partial charge in [0, 0.05) is 17.4 Å². The molecule has 2 amide bonds. The number of primary amides is 1. The van der Waals surface area contributed by atoms with E-state index in [-0.39, 0.29) is 5.11 Å². The maximum absolute atomic E-state index is 12.2. The van der Waals surface area contributed by atoms with Crippen molar-refractivity contribution in [3.63, 3.8) is 0 Å². The number of carbonyl (C=O) groups excluding carboxylic acids is 2. The molecule has 3 aromatic rings. The lowest BCUT2D eigenvalue weighted by atomic mass is 10.1. The van der Waals surface area contributed by atoms with Crippen molar-refractivity contribution in [1.29, 1.82) is 0 Å². The fourth-order valence-corrected chi connectivity index (χ4v) is 4.59. The molecule has 164 valence electrons. The first-order valence-corrected chi connectivity index (χ1v) is 11.0. The van der Waals surface area contributed by atoms with Gasteiger partial charge in [-0.3, -0.25) is 14.9 Å². The van der Waals surface area contributed by atoms with E-state index in [9.17, 15) is 9.59 Å². The lowest BCUT2D eigenvalue weighted by molar-refractivity contribution is -0.115. The van der Waals surface area contributed by atoms with E-state index in [1.54, 1.807) is 25.3 Å². The van der Waals surface area contributed by atoms with E-state index in [1.807, 2.05) is 49.4 Å². The number of nitrogens with one attached hydrogen (secondary N) is 2. The Kier molecular flexibility index (Phi) is 7.75. The molecule has 1 heterocycles. The van der Waals surface area contributed by atoms with Gasteiger partial charge in [0.15, 0.2) is 5.11 Å². The lowest BCUT2D eigenvalue weighted by Gasteiger charge is -2.07. The summed E-state index contributed by atoms with van der Waals surface area (Å²) < 4.78 is 5.11. The maximum atomic E-state index is 12.2. The van der Waals surface area contributed by atoms with Crippen molar-refractivity contribution in [2.75, 3.05) is 12.4 Å². The molecule has 0 aliphatic heterocycles. The van der Waals surface area contributed by atoms with E-state index >= 15 is 0 Å². The summed E-state index contributed by atoms with van der Waals surface area (Å²) in [5.74, 6) is -0.203. The number of rotatable bonds is 7. The average Bonchev–Trinajstić information content (AvgIpc) is 3.07. The second-order valence-electron chi connectivity index (χ2n) is 6.93. The SMILES string of the molecule is COc1ccc(/C=C/C(=O)NC(=S)Nc2sc(Cc3ccccc3)c(C)c2C(N)=O)cc1. The number of methoxy groups -OCH3 is 1. The molecule has 0 atom stereocenters. The summed E-state index contributed by atoms with van der Waals surface area (Å²) in [6, 6.07) is 17.2. The van der Waals surface area contributed by atoms with Gasteiger partial charge in [0.2, 0.25) is 5.91 Å². The topological polar surface area (TPSA) is 93.4 Å². The molecule has 0 unspecified atom stereocenters. The van der Waals surface area contributed by atoms with E-state index in [0.717, 1.165) is 27.3 Å². The van der Waals surface area contributed by atoms with Crippen molar-refractivity contribution in [1.82, 2.24) is 5.32 Å². The molecule has 4 N–H and O–H groups in total. The Labute approximate surface area is 196 Å². The Balaban J connectivity index is 1.68. The minimum Gasteiger partial charge on any atom is -0.497 e. The lowest BCUT2D eigenvalue weighted by Crippen LogP contribution is -2.33. The number of hydrogen-bond donors (Lipinski definition) is 3. The molecular formula is C24H23N3O3S2. The summed E-state index contributed by atoms with van der Waals surface area (Å²) in [7, 11) is 1.59. The van der Waals surface area contributed by atoms with Crippen LogP contribution in [0.15, 0.2) is 60.7 Å². The fraction of sp³-hybridized carbons (Fsp3) is 0.125. The molecule has 0 radical (unpaired) electrons. The Hall–Kier alpha value is -3.49. The van der Waals surface area contributed by atoms with E-state index < -0.39 is 11.8 Å². The number of benzene rings is 2. The van der Waals surface area contributed by atoms with Crippen LogP contribution >= 0.6 is 23.6 Å². The maximum Gasteiger partial charge on any atom is 0.251 e. The second-order valence-corrected chi connectivity index (χ2v) is 8.44. The molecule has 0 spiro atoms. The first-order valence-electron chi connectivity index (χ1n) is 9.77. The van der Waals surface area contributed by atoms with Gasteiger partial charge in [-0.2, -0.15) is 0 Å². The Morgan fingerprint density at radius 3 is 2.44 bits per heavy atom. The van der Waals surface area contributed by atoms with Crippen LogP contribution in [-0.2, 0) is 11.2 Å². The first-order chi connectivity index (χ1) is 15.4. The average molecular weight is 466 g/mol. The third kappa shape index (κ3) is 6.03. The predicted molar refractivity (Wildman–Crippen MR) is 133 cm³/mol. The van der Waals surface area contributed by atoms with Crippen LogP contribution in [0.4, 0.5) is 5.00 Å². The predicted octanol–water partition coefficient (Wildman–Crippen LogP) is 4.28. The standard InChI is InChI=1S/C24H23N3O3S2/c1-15-19(14-17-6-4-3-5-7-17)32-23(21(15)22(25)29)27-24(31)26-20(28)13-10-16-8-11-18(30-2)12-9-16/h3-13H,14H2,1-2H3,(H2,25,29)(H2,26,27,28,31)/b13-10+. The zero-order valence-electron chi connectivity index (χ0n) is 17.7. The third-order valence-corrected chi connectivity index (χ3v) is 6.12. The molecule has 0 aliphatic rings. The minimum absolute atomic E-state index is 0.0874. The molecule has 3 rings (SSSR count). The quantitative estimate of drug-likeness (QED) is 0.358. The fourth-order valence-electron chi connectivity index (χ4n) is 3.07. The number of thiophene rings is 1. The number of thiocarbonyl (C=S) groups is 1. The van der Waals surface area contributed by atoms with Gasteiger partial charge in [-0.25, -0.2) is 0 Å². The van der Waals surface area contributed by atoms with E-state index in [4.69, 9.17) is 22.7 Å². The van der Waals surface area contributed by atoms with Crippen LogP contribution in [0, 0.1) is 6.92 Å². The van der Waals surface area contributed by atoms with Crippen molar-refractivity contribution in [2.24, 2.45) is 5.73 Å². The number of ether oxygens (including phenoxy) is 1. The van der Waals surface area contributed by atoms with Crippen molar-refractivity contribution >= 4 is 51.6 Å². The normalized spacial score (nSPS) is 10.7. The van der Waals surface area contributed by atoms with Gasteiger partial charge < -0.3 is 15.8 Å². The summed E-state index contributed by atoms with van der Waals surface area (Å²) >= 11 is 6.66. The van der Waals surface area contributed by atoms with Crippen LogP contribution in [0.25, 0.3) is 6.08 Å². The monoisotopic (exact) mass is 465 g/mol. The Morgan fingerprint density at radius 1 is 1.12 bits per heavy atom. The van der Waals surface area contributed by atoms with Crippen molar-refractivity contribution in [3.05, 3.63) is 87.8 Å². The summed E-state index contributed by atoms with van der Waals surface area (Å²) in [5, 5.41) is 6.15. The number of anilines is 1. The van der Waals surface area contributed by atoms with Gasteiger partial charge in [-0.05, 0) is 54.0 Å². The second kappa shape index (κ2) is 10.7. The van der Waals surface area contributed by atoms with Gasteiger partial charge in [-0.1, -0.05) is 42.5 Å². The first kappa shape index (κ1) is 23.2. The summed E-state index contributed by atoms with van der Waals surface area (Å²) in [4.78, 5) is 25.3. The highest BCUT2D eigenvalue weighted by atomic mass is 32.1. The van der Waals surface area contributed by atoms with E-state index in [0.29, 0.717) is 17.0 Å². The summed E-state index contributed by atoms with van der Waals surface area (Å²) in [5.41, 5.74) is 8.76. The van der Waals surface area contributed by atoms with Crippen LogP contribution in [0.2, 0.25) is 0 Å². The smallest absolute Gasteiger partial charge is 0.251 e. The molecule has 0 bridgehead atoms. The van der Waals surface area contributed by atoms with Gasteiger partial charge >= 0.3 is 0 Å². The highest BCUT2D eigenvalue weighted by Gasteiger charge is 2.20. The van der Waals surface area contributed by atoms with Crippen molar-refractivity contribution < 1.29 is 14.3 Å². The summed E-state index contributed by atoms with van der Waals surface area (Å²) in [6.07, 6.45) is 3.72. The molecular weight excluding hydrogens is 442 g/mol. The van der Waals surface area contributed by atoms with E-state index in [1.165, 1.54) is 17.4 Å². The summed E-state index contributed by atoms with van der Waals surface area (Å²) in [6.45, 7) is 1.86. The molecule has 6 nitrogen and oxygen atoms in total. The van der Waals surface area contributed by atoms with Crippen LogP contribution in [0.5, 0.6) is 5.75 Å². The van der Waals surface area contributed by atoms with Gasteiger partial charge in [0.05, 0.1) is 12.7 Å². The number of nitrogens with two attached hydrogens (primary N) is 1. The highest BCUT2D eigenvalue weighted by molar-refractivity contribution is 7.80. The van der Waals surface area contributed by atoms with Crippen molar-refractivity contribution in [2.45, 2.75) is 13.3 Å². The molecule has 0 saturated carbocycles. The van der Waals surface area contributed by atoms with Crippen molar-refractivity contribution in [3.8, 4) is 5.75 Å². The molecule has 1 aromatic heterocycles. The largest absolute Gasteiger partial charge is 0.497 e. The van der Waals surface area contributed by atoms with Crippen LogP contribution in [0.3, 0.4) is 0 Å². The minimum atomic E-state index is -0.547. The van der Waals surface area contributed by atoms with Gasteiger partial charge in [0.25, 0.3) is 5.91 Å². The third-order valence-electron chi connectivity index (χ3n) is 4.71. The number of hydrogen-bond acceptors (Lipinski definition) is 5. The number of amides is 2. The zero-order chi connectivity index (χ0) is 23.1. The van der Waals surface area contributed by atoms with Crippen LogP contribution in [-0.4, -0.2) is 24.0 Å². The molecule has 8 heteroatoms. The molecule has 0 saturated heterocycles. The van der Waals surface area contributed by atoms with Crippen LogP contribution < -0.4 is 21.1 Å². The van der Waals surface area contributed by atoms with Crippen LogP contribution in [0.1, 0.15) is 31.9 Å². The molecule has 0 fully saturated rings. The highest BCUT2D eigenvalue weighted by Crippen LogP contribution is 2.34.